The van der Waals surface area contributed by atoms with Crippen LogP contribution in [0, 0.1) is 18.8 Å². The van der Waals surface area contributed by atoms with Crippen molar-refractivity contribution in [2.24, 2.45) is 11.8 Å². The molecule has 2 amide bonds. The lowest BCUT2D eigenvalue weighted by Crippen LogP contribution is -2.16. The molecule has 2 saturated carbocycles. The monoisotopic (exact) mass is 569 g/mol. The molecular formula is C33H51N3O5. The second kappa shape index (κ2) is 18.2. The van der Waals surface area contributed by atoms with Gasteiger partial charge in [0.2, 0.25) is 18.7 Å². The van der Waals surface area contributed by atoms with Gasteiger partial charge in [-0.3, -0.25) is 9.59 Å². The Morgan fingerprint density at radius 2 is 1.90 bits per heavy atom. The zero-order chi connectivity index (χ0) is 30.2. The van der Waals surface area contributed by atoms with Crippen molar-refractivity contribution < 1.29 is 23.8 Å². The van der Waals surface area contributed by atoms with E-state index in [4.69, 9.17) is 14.2 Å². The molecule has 8 nitrogen and oxygen atoms in total. The van der Waals surface area contributed by atoms with Crippen LogP contribution in [-0.4, -0.2) is 62.2 Å². The zero-order valence-electron chi connectivity index (χ0n) is 26.2. The largest absolute Gasteiger partial charge is 0.496 e. The molecular weight excluding hydrogens is 518 g/mol. The summed E-state index contributed by atoms with van der Waals surface area (Å²) in [6, 6.07) is 6.29. The molecule has 4 atom stereocenters. The van der Waals surface area contributed by atoms with Crippen LogP contribution in [0.15, 0.2) is 30.4 Å². The predicted octanol–water partition coefficient (Wildman–Crippen LogP) is 6.48. The normalized spacial score (nSPS) is 20.8. The SMILES string of the molecule is CC.CCOc1cc(O[C@H]2CC[C@H](C)C2)c2ccc(OC)c(C)c2n1.CN(C=O)CCCC/C=C\[C@@H]1C[C@H]1NC=O. The molecule has 4 rings (SSSR count). The van der Waals surface area contributed by atoms with Crippen LogP contribution in [0.1, 0.15) is 78.2 Å². The summed E-state index contributed by atoms with van der Waals surface area (Å²) < 4.78 is 17.4. The number of aromatic nitrogens is 1. The van der Waals surface area contributed by atoms with Crippen LogP contribution in [0.5, 0.6) is 17.4 Å². The van der Waals surface area contributed by atoms with Crippen molar-refractivity contribution >= 4 is 23.7 Å². The van der Waals surface area contributed by atoms with Crippen molar-refractivity contribution in [1.29, 1.82) is 0 Å². The molecule has 0 spiro atoms. The number of allylic oxidation sites excluding steroid dienone is 1. The molecule has 0 saturated heterocycles. The number of ether oxygens (including phenoxy) is 3. The van der Waals surface area contributed by atoms with E-state index in [0.29, 0.717) is 24.4 Å². The summed E-state index contributed by atoms with van der Waals surface area (Å²) in [5, 5.41) is 3.79. The maximum atomic E-state index is 10.3. The van der Waals surface area contributed by atoms with Gasteiger partial charge in [0.25, 0.3) is 0 Å². The lowest BCUT2D eigenvalue weighted by Gasteiger charge is -2.18. The molecule has 228 valence electrons. The molecule has 0 radical (unpaired) electrons. The van der Waals surface area contributed by atoms with Crippen LogP contribution in [-0.2, 0) is 9.59 Å². The van der Waals surface area contributed by atoms with E-state index in [1.165, 1.54) is 6.42 Å². The Morgan fingerprint density at radius 1 is 1.12 bits per heavy atom. The van der Waals surface area contributed by atoms with Crippen LogP contribution in [0.25, 0.3) is 10.9 Å². The van der Waals surface area contributed by atoms with Crippen LogP contribution >= 0.6 is 0 Å². The second-order valence-electron chi connectivity index (χ2n) is 10.6. The van der Waals surface area contributed by atoms with Crippen LogP contribution in [0.2, 0.25) is 0 Å². The number of hydrogen-bond acceptors (Lipinski definition) is 6. The number of unbranched alkanes of at least 4 members (excludes halogenated alkanes) is 2. The van der Waals surface area contributed by atoms with Crippen molar-refractivity contribution in [1.82, 2.24) is 15.2 Å². The van der Waals surface area contributed by atoms with Gasteiger partial charge in [-0.2, -0.15) is 0 Å². The second-order valence-corrected chi connectivity index (χ2v) is 10.6. The Balaban J connectivity index is 0.000000288. The number of methoxy groups -OCH3 is 1. The van der Waals surface area contributed by atoms with E-state index in [0.717, 1.165) is 91.8 Å². The van der Waals surface area contributed by atoms with E-state index in [2.05, 4.69) is 29.4 Å². The highest BCUT2D eigenvalue weighted by Crippen LogP contribution is 2.37. The highest BCUT2D eigenvalue weighted by atomic mass is 16.5. The van der Waals surface area contributed by atoms with Crippen molar-refractivity contribution in [3.8, 4) is 17.4 Å². The van der Waals surface area contributed by atoms with Gasteiger partial charge in [0.05, 0.1) is 25.3 Å². The third-order valence-electron chi connectivity index (χ3n) is 7.39. The first-order valence-corrected chi connectivity index (χ1v) is 15.2. The van der Waals surface area contributed by atoms with E-state index in [9.17, 15) is 9.59 Å². The number of fused-ring (bicyclic) bond motifs is 1. The van der Waals surface area contributed by atoms with Gasteiger partial charge in [-0.25, -0.2) is 4.98 Å². The molecule has 1 aromatic heterocycles. The first-order valence-electron chi connectivity index (χ1n) is 15.2. The van der Waals surface area contributed by atoms with E-state index in [1.54, 1.807) is 19.1 Å². The Bertz CT molecular complexity index is 1110. The number of nitrogens with one attached hydrogen (secondary N) is 1. The van der Waals surface area contributed by atoms with E-state index >= 15 is 0 Å². The number of rotatable bonds is 14. The average Bonchev–Trinajstić information content (AvgIpc) is 3.59. The van der Waals surface area contributed by atoms with Gasteiger partial charge < -0.3 is 24.4 Å². The topological polar surface area (TPSA) is 90.0 Å². The molecule has 1 heterocycles. The zero-order valence-corrected chi connectivity index (χ0v) is 26.2. The quantitative estimate of drug-likeness (QED) is 0.159. The number of benzene rings is 1. The molecule has 0 aliphatic heterocycles. The smallest absolute Gasteiger partial charge is 0.217 e. The van der Waals surface area contributed by atoms with Gasteiger partial charge in [-0.1, -0.05) is 32.9 Å². The molecule has 1 aromatic carbocycles. The van der Waals surface area contributed by atoms with Gasteiger partial charge in [-0.15, -0.1) is 0 Å². The molecule has 41 heavy (non-hydrogen) atoms. The molecule has 8 heteroatoms. The lowest BCUT2D eigenvalue weighted by atomic mass is 10.1. The molecule has 2 aliphatic carbocycles. The summed E-state index contributed by atoms with van der Waals surface area (Å²) in [5.41, 5.74) is 1.90. The standard InChI is InChI=1S/C19H25NO3.C12H20N2O2.C2H6/c1-5-22-18-11-17(23-14-7-6-12(2)10-14)15-8-9-16(21-4)13(3)19(15)20-18;1-14(10-16)7-5-3-2-4-6-11-8-12(11)13-9-15;1-2/h8-9,11-12,14H,5-7,10H2,1-4H3;4,6,9-12H,2-3,5,7-8H2,1H3,(H,13,15);1-2H3/b;6-4-;/t12-,14-;11-,12-;/m01./s1. The van der Waals surface area contributed by atoms with Crippen molar-refractivity contribution in [3.05, 3.63) is 35.9 Å². The number of pyridine rings is 1. The minimum Gasteiger partial charge on any atom is -0.496 e. The van der Waals surface area contributed by atoms with E-state index < -0.39 is 0 Å². The number of carbonyl (C=O) groups is 2. The molecule has 1 N–H and O–H groups in total. The Kier molecular flexibility index (Phi) is 15.1. The fourth-order valence-electron chi connectivity index (χ4n) is 4.99. The van der Waals surface area contributed by atoms with Gasteiger partial charge in [-0.05, 0) is 82.8 Å². The number of nitrogens with zero attached hydrogens (tertiary/aromatic N) is 2. The summed E-state index contributed by atoms with van der Waals surface area (Å²) in [6.07, 6.45) is 14.0. The van der Waals surface area contributed by atoms with Crippen LogP contribution in [0.4, 0.5) is 0 Å². The van der Waals surface area contributed by atoms with Crippen molar-refractivity contribution in [2.45, 2.75) is 91.7 Å². The average molecular weight is 570 g/mol. The third-order valence-corrected chi connectivity index (χ3v) is 7.39. The fraction of sp³-hybridized carbons (Fsp3) is 0.606. The highest BCUT2D eigenvalue weighted by Gasteiger charge is 2.33. The lowest BCUT2D eigenvalue weighted by molar-refractivity contribution is -0.117. The number of hydrogen-bond donors (Lipinski definition) is 1. The maximum absolute atomic E-state index is 10.3. The van der Waals surface area contributed by atoms with Gasteiger partial charge in [0, 0.05) is 36.7 Å². The van der Waals surface area contributed by atoms with Crippen LogP contribution < -0.4 is 19.5 Å². The molecule has 0 unspecified atom stereocenters. The molecule has 2 aromatic rings. The number of amides is 2. The first kappa shape index (κ1) is 33.9. The minimum atomic E-state index is 0.285. The molecule has 2 aliphatic rings. The van der Waals surface area contributed by atoms with Gasteiger partial charge in [0.1, 0.15) is 11.5 Å². The summed E-state index contributed by atoms with van der Waals surface area (Å²) in [4.78, 5) is 26.7. The van der Waals surface area contributed by atoms with E-state index in [1.807, 2.05) is 45.9 Å². The minimum absolute atomic E-state index is 0.285. The van der Waals surface area contributed by atoms with Gasteiger partial charge in [0.15, 0.2) is 0 Å². The number of aryl methyl sites for hydroxylation is 1. The highest BCUT2D eigenvalue weighted by molar-refractivity contribution is 5.89. The third kappa shape index (κ3) is 10.9. The molecule has 0 bridgehead atoms. The summed E-state index contributed by atoms with van der Waals surface area (Å²) >= 11 is 0. The van der Waals surface area contributed by atoms with Crippen LogP contribution in [0.3, 0.4) is 0 Å². The predicted molar refractivity (Wildman–Crippen MR) is 166 cm³/mol. The summed E-state index contributed by atoms with van der Waals surface area (Å²) in [6.45, 7) is 11.7. The first-order chi connectivity index (χ1) is 19.9. The Morgan fingerprint density at radius 3 is 2.54 bits per heavy atom. The maximum Gasteiger partial charge on any atom is 0.217 e. The summed E-state index contributed by atoms with van der Waals surface area (Å²) in [5.74, 6) is 3.59. The van der Waals surface area contributed by atoms with Crippen molar-refractivity contribution in [2.75, 3.05) is 27.3 Å². The number of carbonyl (C=O) groups excluding carboxylic acids is 2. The summed E-state index contributed by atoms with van der Waals surface area (Å²) in [7, 11) is 3.47. The Labute approximate surface area is 246 Å². The Hall–Kier alpha value is -3.29. The van der Waals surface area contributed by atoms with E-state index in [-0.39, 0.29) is 6.10 Å². The molecule has 2 fully saturated rings. The fourth-order valence-corrected chi connectivity index (χ4v) is 4.99. The van der Waals surface area contributed by atoms with Crippen molar-refractivity contribution in [3.63, 3.8) is 0 Å². The van der Waals surface area contributed by atoms with Gasteiger partial charge >= 0.3 is 0 Å².